The largest absolute Gasteiger partial charge is 0.311 e. The second kappa shape index (κ2) is 13.7. The van der Waals surface area contributed by atoms with E-state index >= 15 is 0 Å². The van der Waals surface area contributed by atoms with Crippen LogP contribution < -0.4 is 4.90 Å². The van der Waals surface area contributed by atoms with Crippen molar-refractivity contribution < 1.29 is 0 Å². The van der Waals surface area contributed by atoms with Gasteiger partial charge in [0.1, 0.15) is 0 Å². The van der Waals surface area contributed by atoms with Crippen molar-refractivity contribution in [3.05, 3.63) is 222 Å². The maximum Gasteiger partial charge on any atom is 0.0462 e. The van der Waals surface area contributed by atoms with Crippen molar-refractivity contribution in [3.8, 4) is 0 Å². The molecule has 0 N–H and O–H groups in total. The van der Waals surface area contributed by atoms with Crippen LogP contribution in [0.25, 0.3) is 45.3 Å². The number of anilines is 3. The summed E-state index contributed by atoms with van der Waals surface area (Å²) in [5, 5.41) is 5.05. The molecule has 0 saturated carbocycles. The summed E-state index contributed by atoms with van der Waals surface area (Å²) in [5.74, 6) is 0. The molecule has 0 radical (unpaired) electrons. The third kappa shape index (κ3) is 6.43. The Morgan fingerprint density at radius 1 is 0.367 bits per heavy atom. The molecule has 0 saturated heterocycles. The average Bonchev–Trinajstić information content (AvgIpc) is 3.18. The molecule has 8 rings (SSSR count). The average molecular weight is 626 g/mol. The van der Waals surface area contributed by atoms with Gasteiger partial charge in [-0.2, -0.15) is 0 Å². The zero-order valence-electron chi connectivity index (χ0n) is 27.2. The van der Waals surface area contributed by atoms with Gasteiger partial charge in [-0.05, 0) is 103 Å². The third-order valence-electron chi connectivity index (χ3n) is 9.05. The summed E-state index contributed by atoms with van der Waals surface area (Å²) in [4.78, 5) is 2.31. The number of benzene rings is 8. The van der Waals surface area contributed by atoms with Gasteiger partial charge in [0.05, 0.1) is 0 Å². The molecule has 0 aliphatic rings. The summed E-state index contributed by atoms with van der Waals surface area (Å²) in [6, 6.07) is 69.0. The molecule has 0 aromatic heterocycles. The standard InChI is InChI=1S/C48H35N/c1-4-14-38(15-5-1)48(39-16-6-2-7-17-39)34-37-26-31-44(32-27-37)49(42-20-8-3-9-21-42)43-29-24-36(25-30-43)28-33-47-45-22-12-10-18-40(45)35-41-19-11-13-23-46(41)47/h1-35H. The highest BCUT2D eigenvalue weighted by atomic mass is 15.1. The van der Waals surface area contributed by atoms with Gasteiger partial charge in [0.2, 0.25) is 0 Å². The maximum atomic E-state index is 2.31. The van der Waals surface area contributed by atoms with E-state index in [9.17, 15) is 0 Å². The molecule has 8 aromatic rings. The van der Waals surface area contributed by atoms with E-state index in [1.54, 1.807) is 0 Å². The van der Waals surface area contributed by atoms with Gasteiger partial charge < -0.3 is 4.90 Å². The summed E-state index contributed by atoms with van der Waals surface area (Å²) in [6.07, 6.45) is 6.77. The molecule has 1 heteroatoms. The van der Waals surface area contributed by atoms with Gasteiger partial charge >= 0.3 is 0 Å². The molecule has 0 atom stereocenters. The number of nitrogens with zero attached hydrogens (tertiary/aromatic N) is 1. The van der Waals surface area contributed by atoms with Gasteiger partial charge in [0.25, 0.3) is 0 Å². The first-order chi connectivity index (χ1) is 24.3. The Bertz CT molecular complexity index is 2290. The third-order valence-corrected chi connectivity index (χ3v) is 9.05. The Kier molecular flexibility index (Phi) is 8.39. The molecule has 1 nitrogen and oxygen atoms in total. The minimum atomic E-state index is 1.11. The lowest BCUT2D eigenvalue weighted by Crippen LogP contribution is -2.09. The Balaban J connectivity index is 1.12. The van der Waals surface area contributed by atoms with Crippen molar-refractivity contribution in [1.29, 1.82) is 0 Å². The highest BCUT2D eigenvalue weighted by molar-refractivity contribution is 6.08. The number of fused-ring (bicyclic) bond motifs is 2. The van der Waals surface area contributed by atoms with Crippen LogP contribution in [0.3, 0.4) is 0 Å². The highest BCUT2D eigenvalue weighted by Crippen LogP contribution is 2.36. The van der Waals surface area contributed by atoms with Crippen LogP contribution in [0.5, 0.6) is 0 Å². The van der Waals surface area contributed by atoms with Crippen molar-refractivity contribution in [3.63, 3.8) is 0 Å². The zero-order chi connectivity index (χ0) is 32.8. The van der Waals surface area contributed by atoms with E-state index in [1.165, 1.54) is 43.8 Å². The Labute approximate surface area is 288 Å². The van der Waals surface area contributed by atoms with Crippen LogP contribution in [0, 0.1) is 0 Å². The van der Waals surface area contributed by atoms with E-state index in [0.29, 0.717) is 0 Å². The lowest BCUT2D eigenvalue weighted by atomic mass is 9.95. The van der Waals surface area contributed by atoms with Gasteiger partial charge in [-0.25, -0.2) is 0 Å². The van der Waals surface area contributed by atoms with Crippen LogP contribution in [-0.2, 0) is 0 Å². The molecular weight excluding hydrogens is 591 g/mol. The minimum absolute atomic E-state index is 1.11. The van der Waals surface area contributed by atoms with E-state index in [-0.39, 0.29) is 0 Å². The van der Waals surface area contributed by atoms with Crippen molar-refractivity contribution in [2.24, 2.45) is 0 Å². The van der Waals surface area contributed by atoms with Gasteiger partial charge in [0, 0.05) is 17.1 Å². The smallest absolute Gasteiger partial charge is 0.0462 e. The highest BCUT2D eigenvalue weighted by Gasteiger charge is 2.13. The molecule has 0 amide bonds. The monoisotopic (exact) mass is 625 g/mol. The van der Waals surface area contributed by atoms with Gasteiger partial charge in [-0.15, -0.1) is 0 Å². The summed E-state index contributed by atoms with van der Waals surface area (Å²) in [6.45, 7) is 0. The summed E-state index contributed by atoms with van der Waals surface area (Å²) in [7, 11) is 0. The Hall–Kier alpha value is -6.44. The zero-order valence-corrected chi connectivity index (χ0v) is 27.2. The van der Waals surface area contributed by atoms with Crippen molar-refractivity contribution >= 4 is 62.4 Å². The SMILES string of the molecule is C(=Cc1c2ccccc2cc2ccccc12)c1ccc(N(c2ccccc2)c2ccc(C=C(c3ccccc3)c3ccccc3)cc2)cc1. The van der Waals surface area contributed by atoms with Crippen LogP contribution in [0.1, 0.15) is 27.8 Å². The molecule has 0 unspecified atom stereocenters. The molecule has 8 aromatic carbocycles. The molecule has 0 heterocycles. The number of rotatable bonds is 8. The number of hydrogen-bond acceptors (Lipinski definition) is 1. The Morgan fingerprint density at radius 3 is 1.33 bits per heavy atom. The van der Waals surface area contributed by atoms with Crippen molar-refractivity contribution in [2.75, 3.05) is 4.90 Å². The molecule has 49 heavy (non-hydrogen) atoms. The normalized spacial score (nSPS) is 11.2. The Morgan fingerprint density at radius 2 is 0.796 bits per heavy atom. The number of hydrogen-bond donors (Lipinski definition) is 0. The predicted molar refractivity (Wildman–Crippen MR) is 211 cm³/mol. The fourth-order valence-electron chi connectivity index (χ4n) is 6.62. The first kappa shape index (κ1) is 29.9. The second-order valence-corrected chi connectivity index (χ2v) is 12.2. The van der Waals surface area contributed by atoms with Crippen molar-refractivity contribution in [1.82, 2.24) is 0 Å². The summed E-state index contributed by atoms with van der Waals surface area (Å²) < 4.78 is 0. The minimum Gasteiger partial charge on any atom is -0.311 e. The quantitative estimate of drug-likeness (QED) is 0.120. The lowest BCUT2D eigenvalue weighted by Gasteiger charge is -2.25. The van der Waals surface area contributed by atoms with E-state index in [1.807, 2.05) is 0 Å². The second-order valence-electron chi connectivity index (χ2n) is 12.2. The van der Waals surface area contributed by atoms with Gasteiger partial charge in [-0.3, -0.25) is 0 Å². The predicted octanol–water partition coefficient (Wildman–Crippen LogP) is 13.2. The summed E-state index contributed by atoms with van der Waals surface area (Å²) in [5.41, 5.74) is 10.5. The fraction of sp³-hybridized carbons (Fsp3) is 0. The molecular formula is C48H35N. The van der Waals surface area contributed by atoms with Gasteiger partial charge in [0.15, 0.2) is 0 Å². The summed E-state index contributed by atoms with van der Waals surface area (Å²) >= 11 is 0. The van der Waals surface area contributed by atoms with Crippen molar-refractivity contribution in [2.45, 2.75) is 0 Å². The number of para-hydroxylation sites is 1. The molecule has 0 aliphatic heterocycles. The van der Waals surface area contributed by atoms with E-state index in [0.717, 1.165) is 28.2 Å². The molecule has 0 spiro atoms. The first-order valence-corrected chi connectivity index (χ1v) is 16.8. The molecule has 0 aliphatic carbocycles. The van der Waals surface area contributed by atoms with Gasteiger partial charge in [-0.1, -0.05) is 164 Å². The fourth-order valence-corrected chi connectivity index (χ4v) is 6.62. The molecule has 0 fully saturated rings. The first-order valence-electron chi connectivity index (χ1n) is 16.8. The van der Waals surface area contributed by atoms with E-state index < -0.39 is 0 Å². The lowest BCUT2D eigenvalue weighted by molar-refractivity contribution is 1.28. The van der Waals surface area contributed by atoms with Crippen LogP contribution in [0.2, 0.25) is 0 Å². The molecule has 0 bridgehead atoms. The topological polar surface area (TPSA) is 3.24 Å². The van der Waals surface area contributed by atoms with Crippen LogP contribution in [0.15, 0.2) is 194 Å². The van der Waals surface area contributed by atoms with E-state index in [4.69, 9.17) is 0 Å². The van der Waals surface area contributed by atoms with Crippen LogP contribution in [0.4, 0.5) is 17.1 Å². The van der Waals surface area contributed by atoms with Crippen LogP contribution in [-0.4, -0.2) is 0 Å². The molecule has 232 valence electrons. The van der Waals surface area contributed by atoms with E-state index in [2.05, 4.69) is 217 Å². The van der Waals surface area contributed by atoms with Crippen LogP contribution >= 0.6 is 0 Å². The maximum absolute atomic E-state index is 2.31.